The van der Waals surface area contributed by atoms with Crippen LogP contribution in [0.15, 0.2) is 18.2 Å². The maximum atomic E-state index is 12.5. The molecule has 1 fully saturated rings. The Balaban J connectivity index is 1.52. The molecule has 1 aliphatic rings. The Labute approximate surface area is 160 Å². The predicted molar refractivity (Wildman–Crippen MR) is 111 cm³/mol. The summed E-state index contributed by atoms with van der Waals surface area (Å²) in [7, 11) is 0. The van der Waals surface area contributed by atoms with Crippen molar-refractivity contribution in [3.63, 3.8) is 0 Å². The van der Waals surface area contributed by atoms with Crippen LogP contribution in [0.4, 0.5) is 5.95 Å². The van der Waals surface area contributed by atoms with E-state index < -0.39 is 0 Å². The molecule has 0 bridgehead atoms. The van der Waals surface area contributed by atoms with Crippen LogP contribution in [0, 0.1) is 12.8 Å². The SMILES string of the molecule is CCCSCCCNC(=O)C1CCCN(c2nc3ccc(C)cc3[nH]2)C1. The van der Waals surface area contributed by atoms with Crippen LogP contribution in [0.25, 0.3) is 11.0 Å². The van der Waals surface area contributed by atoms with E-state index in [0.29, 0.717) is 0 Å². The number of aryl methyl sites for hydroxylation is 1. The smallest absolute Gasteiger partial charge is 0.224 e. The molecule has 1 aliphatic heterocycles. The number of fused-ring (bicyclic) bond motifs is 1. The molecule has 2 aromatic rings. The fourth-order valence-electron chi connectivity index (χ4n) is 3.42. The second kappa shape index (κ2) is 9.31. The van der Waals surface area contributed by atoms with Gasteiger partial charge in [-0.1, -0.05) is 13.0 Å². The molecule has 1 aromatic carbocycles. The Bertz CT molecular complexity index is 730. The normalized spacial score (nSPS) is 17.6. The Morgan fingerprint density at radius 3 is 3.15 bits per heavy atom. The number of carbonyl (C=O) groups excluding carboxylic acids is 1. The molecule has 1 unspecified atom stereocenters. The number of thioether (sulfide) groups is 1. The summed E-state index contributed by atoms with van der Waals surface area (Å²) in [5, 5.41) is 3.13. The Morgan fingerprint density at radius 2 is 2.31 bits per heavy atom. The van der Waals surface area contributed by atoms with Crippen molar-refractivity contribution in [2.75, 3.05) is 36.0 Å². The minimum absolute atomic E-state index is 0.0574. The second-order valence-electron chi connectivity index (χ2n) is 7.12. The number of amides is 1. The van der Waals surface area contributed by atoms with E-state index in [-0.39, 0.29) is 11.8 Å². The van der Waals surface area contributed by atoms with Gasteiger partial charge in [-0.05, 0) is 61.8 Å². The summed E-state index contributed by atoms with van der Waals surface area (Å²) >= 11 is 1.97. The minimum Gasteiger partial charge on any atom is -0.356 e. The average molecular weight is 375 g/mol. The van der Waals surface area contributed by atoms with Crippen LogP contribution < -0.4 is 10.2 Å². The monoisotopic (exact) mass is 374 g/mol. The molecule has 0 saturated carbocycles. The predicted octanol–water partition coefficient (Wildman–Crippen LogP) is 3.74. The van der Waals surface area contributed by atoms with Crippen LogP contribution in [0.2, 0.25) is 0 Å². The standard InChI is InChI=1S/C20H30N4OS/c1-3-11-26-12-5-9-21-19(25)16-6-4-10-24(14-16)20-22-17-8-7-15(2)13-18(17)23-20/h7-8,13,16H,3-6,9-12,14H2,1-2H3,(H,21,25)(H,22,23). The zero-order valence-corrected chi connectivity index (χ0v) is 16.7. The van der Waals surface area contributed by atoms with Crippen molar-refractivity contribution in [1.29, 1.82) is 0 Å². The highest BCUT2D eigenvalue weighted by Gasteiger charge is 2.27. The summed E-state index contributed by atoms with van der Waals surface area (Å²) in [5.74, 6) is 3.48. The topological polar surface area (TPSA) is 61.0 Å². The molecule has 1 saturated heterocycles. The van der Waals surface area contributed by atoms with Crippen molar-refractivity contribution in [1.82, 2.24) is 15.3 Å². The van der Waals surface area contributed by atoms with E-state index in [4.69, 9.17) is 4.98 Å². The number of aromatic nitrogens is 2. The second-order valence-corrected chi connectivity index (χ2v) is 8.35. The maximum absolute atomic E-state index is 12.5. The van der Waals surface area contributed by atoms with Gasteiger partial charge in [0.15, 0.2) is 0 Å². The molecule has 2 heterocycles. The van der Waals surface area contributed by atoms with Gasteiger partial charge in [-0.2, -0.15) is 11.8 Å². The van der Waals surface area contributed by atoms with E-state index in [0.717, 1.165) is 61.6 Å². The van der Waals surface area contributed by atoms with Crippen molar-refractivity contribution in [2.45, 2.75) is 39.5 Å². The number of nitrogens with zero attached hydrogens (tertiary/aromatic N) is 2. The van der Waals surface area contributed by atoms with Gasteiger partial charge < -0.3 is 15.2 Å². The first-order chi connectivity index (χ1) is 12.7. The van der Waals surface area contributed by atoms with Gasteiger partial charge in [0.2, 0.25) is 11.9 Å². The van der Waals surface area contributed by atoms with Gasteiger partial charge in [-0.15, -0.1) is 0 Å². The van der Waals surface area contributed by atoms with Crippen molar-refractivity contribution in [3.05, 3.63) is 23.8 Å². The highest BCUT2D eigenvalue weighted by molar-refractivity contribution is 7.99. The summed E-state index contributed by atoms with van der Waals surface area (Å²) in [6, 6.07) is 6.25. The van der Waals surface area contributed by atoms with Gasteiger partial charge in [-0.25, -0.2) is 4.98 Å². The molecular weight excluding hydrogens is 344 g/mol. The Hall–Kier alpha value is -1.69. The van der Waals surface area contributed by atoms with Crippen LogP contribution in [0.5, 0.6) is 0 Å². The third kappa shape index (κ3) is 4.93. The number of carbonyl (C=O) groups is 1. The molecule has 1 aromatic heterocycles. The summed E-state index contributed by atoms with van der Waals surface area (Å²) in [6.45, 7) is 6.77. The average Bonchev–Trinajstić information content (AvgIpc) is 3.07. The number of hydrogen-bond acceptors (Lipinski definition) is 4. The highest BCUT2D eigenvalue weighted by atomic mass is 32.2. The van der Waals surface area contributed by atoms with Gasteiger partial charge in [0.25, 0.3) is 0 Å². The zero-order valence-electron chi connectivity index (χ0n) is 15.9. The Kier molecular flexibility index (Phi) is 6.83. The first-order valence-electron chi connectivity index (χ1n) is 9.74. The minimum atomic E-state index is 0.0574. The van der Waals surface area contributed by atoms with Gasteiger partial charge in [0.05, 0.1) is 17.0 Å². The number of piperidine rings is 1. The number of H-pyrrole nitrogens is 1. The number of rotatable bonds is 8. The number of nitrogens with one attached hydrogen (secondary N) is 2. The number of hydrogen-bond donors (Lipinski definition) is 2. The zero-order chi connectivity index (χ0) is 18.4. The van der Waals surface area contributed by atoms with Gasteiger partial charge in [0, 0.05) is 19.6 Å². The first-order valence-corrected chi connectivity index (χ1v) is 10.9. The molecule has 3 rings (SSSR count). The quantitative estimate of drug-likeness (QED) is 0.691. The number of imidazole rings is 1. The Morgan fingerprint density at radius 1 is 1.42 bits per heavy atom. The first kappa shape index (κ1) is 19.1. The number of anilines is 1. The van der Waals surface area contributed by atoms with E-state index in [9.17, 15) is 4.79 Å². The lowest BCUT2D eigenvalue weighted by Gasteiger charge is -2.31. The number of benzene rings is 1. The third-order valence-corrected chi connectivity index (χ3v) is 6.10. The van der Waals surface area contributed by atoms with E-state index in [1.54, 1.807) is 0 Å². The number of aromatic amines is 1. The molecule has 2 N–H and O–H groups in total. The molecule has 0 spiro atoms. The lowest BCUT2D eigenvalue weighted by molar-refractivity contribution is -0.125. The van der Waals surface area contributed by atoms with Crippen LogP contribution >= 0.6 is 11.8 Å². The van der Waals surface area contributed by atoms with E-state index in [1.165, 1.54) is 17.7 Å². The fraction of sp³-hybridized carbons (Fsp3) is 0.600. The lowest BCUT2D eigenvalue weighted by Crippen LogP contribution is -2.43. The van der Waals surface area contributed by atoms with E-state index >= 15 is 0 Å². The highest BCUT2D eigenvalue weighted by Crippen LogP contribution is 2.24. The molecule has 0 aliphatic carbocycles. The molecule has 1 amide bonds. The molecular formula is C20H30N4OS. The molecule has 5 nitrogen and oxygen atoms in total. The van der Waals surface area contributed by atoms with Gasteiger partial charge in [-0.3, -0.25) is 4.79 Å². The van der Waals surface area contributed by atoms with Crippen LogP contribution in [-0.4, -0.2) is 47.0 Å². The van der Waals surface area contributed by atoms with Crippen molar-refractivity contribution in [2.24, 2.45) is 5.92 Å². The van der Waals surface area contributed by atoms with E-state index in [2.05, 4.69) is 47.2 Å². The summed E-state index contributed by atoms with van der Waals surface area (Å²) in [6.07, 6.45) is 4.26. The van der Waals surface area contributed by atoms with E-state index in [1.807, 2.05) is 11.8 Å². The summed E-state index contributed by atoms with van der Waals surface area (Å²) in [4.78, 5) is 22.9. The van der Waals surface area contributed by atoms with Crippen molar-refractivity contribution in [3.8, 4) is 0 Å². The largest absolute Gasteiger partial charge is 0.356 e. The van der Waals surface area contributed by atoms with Crippen molar-refractivity contribution < 1.29 is 4.79 Å². The lowest BCUT2D eigenvalue weighted by atomic mass is 9.97. The molecule has 26 heavy (non-hydrogen) atoms. The van der Waals surface area contributed by atoms with Gasteiger partial charge >= 0.3 is 0 Å². The molecule has 1 atom stereocenters. The van der Waals surface area contributed by atoms with Gasteiger partial charge in [0.1, 0.15) is 0 Å². The van der Waals surface area contributed by atoms with Crippen LogP contribution in [0.3, 0.4) is 0 Å². The summed E-state index contributed by atoms with van der Waals surface area (Å²) < 4.78 is 0. The molecule has 142 valence electrons. The third-order valence-electron chi connectivity index (χ3n) is 4.83. The molecule has 0 radical (unpaired) electrons. The maximum Gasteiger partial charge on any atom is 0.224 e. The van der Waals surface area contributed by atoms with Crippen LogP contribution in [-0.2, 0) is 4.79 Å². The summed E-state index contributed by atoms with van der Waals surface area (Å²) in [5.41, 5.74) is 3.28. The fourth-order valence-corrected chi connectivity index (χ4v) is 4.26. The van der Waals surface area contributed by atoms with Crippen LogP contribution in [0.1, 0.15) is 38.2 Å². The molecule has 6 heteroatoms. The van der Waals surface area contributed by atoms with Crippen molar-refractivity contribution >= 4 is 34.7 Å².